The zero-order chi connectivity index (χ0) is 13.8. The van der Waals surface area contributed by atoms with Crippen LogP contribution >= 0.6 is 11.8 Å². The number of hydrogen-bond donors (Lipinski definition) is 1. The smallest absolute Gasteiger partial charge is 0.0281 e. The number of hydrogen-bond acceptors (Lipinski definition) is 2. The van der Waals surface area contributed by atoms with E-state index in [0.29, 0.717) is 10.2 Å². The highest BCUT2D eigenvalue weighted by molar-refractivity contribution is 8.00. The Bertz CT molecular complexity index is 333. The van der Waals surface area contributed by atoms with Crippen molar-refractivity contribution in [3.63, 3.8) is 0 Å². The van der Waals surface area contributed by atoms with Crippen molar-refractivity contribution in [2.45, 2.75) is 75.5 Å². The molecule has 5 aliphatic carbocycles. The van der Waals surface area contributed by atoms with Crippen molar-refractivity contribution in [3.05, 3.63) is 0 Å². The van der Waals surface area contributed by atoms with E-state index in [-0.39, 0.29) is 0 Å². The van der Waals surface area contributed by atoms with Crippen molar-refractivity contribution in [2.24, 2.45) is 23.2 Å². The van der Waals surface area contributed by atoms with E-state index in [4.69, 9.17) is 0 Å². The lowest BCUT2D eigenvalue weighted by atomic mass is 9.48. The summed E-state index contributed by atoms with van der Waals surface area (Å²) in [6.45, 7) is 3.77. The van der Waals surface area contributed by atoms with Gasteiger partial charge in [-0.15, -0.1) is 0 Å². The molecule has 5 fully saturated rings. The van der Waals surface area contributed by atoms with Gasteiger partial charge in [0, 0.05) is 17.3 Å². The molecule has 0 heterocycles. The molecule has 1 N–H and O–H groups in total. The van der Waals surface area contributed by atoms with Gasteiger partial charge in [0.2, 0.25) is 0 Å². The highest BCUT2D eigenvalue weighted by atomic mass is 32.2. The van der Waals surface area contributed by atoms with E-state index in [1.54, 1.807) is 38.5 Å². The van der Waals surface area contributed by atoms with Crippen molar-refractivity contribution in [1.29, 1.82) is 0 Å². The van der Waals surface area contributed by atoms with Gasteiger partial charge in [-0.25, -0.2) is 0 Å². The van der Waals surface area contributed by atoms with Crippen LogP contribution in [0.2, 0.25) is 0 Å². The molecule has 0 aromatic rings. The highest BCUT2D eigenvalue weighted by Gasteiger charge is 2.53. The van der Waals surface area contributed by atoms with E-state index in [1.165, 1.54) is 25.8 Å². The summed E-state index contributed by atoms with van der Waals surface area (Å²) in [5.74, 6) is 3.26. The molecule has 5 rings (SSSR count). The Morgan fingerprint density at radius 2 is 1.60 bits per heavy atom. The van der Waals surface area contributed by atoms with Gasteiger partial charge in [0.1, 0.15) is 0 Å². The molecule has 1 nitrogen and oxygen atoms in total. The maximum Gasteiger partial charge on any atom is 0.0281 e. The summed E-state index contributed by atoms with van der Waals surface area (Å²) in [6.07, 6.45) is 16.0. The van der Waals surface area contributed by atoms with Crippen LogP contribution < -0.4 is 5.32 Å². The van der Waals surface area contributed by atoms with Crippen LogP contribution in [0.4, 0.5) is 0 Å². The number of thioether (sulfide) groups is 1. The lowest BCUT2D eigenvalue weighted by molar-refractivity contribution is -0.0708. The maximum absolute atomic E-state index is 4.01. The van der Waals surface area contributed by atoms with E-state index in [1.807, 2.05) is 0 Å². The van der Waals surface area contributed by atoms with Gasteiger partial charge < -0.3 is 5.32 Å². The summed E-state index contributed by atoms with van der Waals surface area (Å²) in [5.41, 5.74) is 0.679. The molecular weight excluding hydrogens is 262 g/mol. The van der Waals surface area contributed by atoms with Crippen LogP contribution in [0.1, 0.15) is 64.7 Å². The fourth-order valence-electron chi connectivity index (χ4n) is 6.29. The van der Waals surface area contributed by atoms with Crippen LogP contribution in [-0.2, 0) is 0 Å². The standard InChI is InChI=1S/C18H31NS/c1-13(19-12-18(20-2)4-3-5-18)17-9-14-6-15(10-17)8-16(7-14)11-17/h13-16,19H,3-12H2,1-2H3. The molecule has 1 unspecified atom stereocenters. The van der Waals surface area contributed by atoms with E-state index in [0.717, 1.165) is 23.8 Å². The van der Waals surface area contributed by atoms with Crippen LogP contribution in [0.5, 0.6) is 0 Å². The third-order valence-electron chi connectivity index (χ3n) is 7.43. The first-order valence-electron chi connectivity index (χ1n) is 8.92. The molecule has 0 radical (unpaired) electrons. The predicted molar refractivity (Wildman–Crippen MR) is 88.2 cm³/mol. The molecular formula is C18H31NS. The van der Waals surface area contributed by atoms with Crippen LogP contribution in [-0.4, -0.2) is 23.6 Å². The van der Waals surface area contributed by atoms with Crippen LogP contribution in [0.15, 0.2) is 0 Å². The van der Waals surface area contributed by atoms with Gasteiger partial charge in [-0.2, -0.15) is 11.8 Å². The first kappa shape index (κ1) is 13.9. The van der Waals surface area contributed by atoms with Crippen molar-refractivity contribution >= 4 is 11.8 Å². The van der Waals surface area contributed by atoms with E-state index < -0.39 is 0 Å². The second-order valence-electron chi connectivity index (χ2n) is 8.62. The van der Waals surface area contributed by atoms with Gasteiger partial charge in [-0.3, -0.25) is 0 Å². The third kappa shape index (κ3) is 2.17. The fourth-order valence-corrected chi connectivity index (χ4v) is 7.21. The van der Waals surface area contributed by atoms with Crippen LogP contribution in [0, 0.1) is 23.2 Å². The first-order chi connectivity index (χ1) is 9.63. The lowest BCUT2D eigenvalue weighted by Crippen LogP contribution is -2.57. The Hall–Kier alpha value is 0.310. The normalized spacial score (nSPS) is 46.2. The van der Waals surface area contributed by atoms with E-state index in [2.05, 4.69) is 30.3 Å². The average Bonchev–Trinajstić information content (AvgIpc) is 2.36. The van der Waals surface area contributed by atoms with Crippen molar-refractivity contribution < 1.29 is 0 Å². The topological polar surface area (TPSA) is 12.0 Å². The minimum absolute atomic E-state index is 0.594. The molecule has 0 spiro atoms. The van der Waals surface area contributed by atoms with Crippen molar-refractivity contribution in [2.75, 3.05) is 12.8 Å². The molecule has 0 aromatic heterocycles. The average molecular weight is 294 g/mol. The zero-order valence-corrected chi connectivity index (χ0v) is 14.1. The third-order valence-corrected chi connectivity index (χ3v) is 8.85. The van der Waals surface area contributed by atoms with Gasteiger partial charge >= 0.3 is 0 Å². The highest BCUT2D eigenvalue weighted by Crippen LogP contribution is 2.61. The summed E-state index contributed by atoms with van der Waals surface area (Å²) in [6, 6.07) is 0.750. The SMILES string of the molecule is CSC1(CNC(C)C23CC4CC(CC(C4)C2)C3)CCC1. The predicted octanol–water partition coefficient (Wildman–Crippen LogP) is 4.47. The number of rotatable bonds is 5. The summed E-state index contributed by atoms with van der Waals surface area (Å²) in [4.78, 5) is 0. The van der Waals surface area contributed by atoms with Gasteiger partial charge in [0.05, 0.1) is 0 Å². The molecule has 5 aliphatic rings. The summed E-state index contributed by atoms with van der Waals surface area (Å²) in [7, 11) is 0. The summed E-state index contributed by atoms with van der Waals surface area (Å²) < 4.78 is 0.594. The Balaban J connectivity index is 1.42. The van der Waals surface area contributed by atoms with Gasteiger partial charge in [0.25, 0.3) is 0 Å². The molecule has 0 amide bonds. The molecule has 0 aromatic carbocycles. The molecule has 114 valence electrons. The molecule has 20 heavy (non-hydrogen) atoms. The Morgan fingerprint density at radius 3 is 2.00 bits per heavy atom. The van der Waals surface area contributed by atoms with Gasteiger partial charge in [-0.05, 0) is 87.7 Å². The van der Waals surface area contributed by atoms with Crippen molar-refractivity contribution in [1.82, 2.24) is 5.32 Å². The molecule has 4 bridgehead atoms. The molecule has 0 aliphatic heterocycles. The quantitative estimate of drug-likeness (QED) is 0.803. The van der Waals surface area contributed by atoms with Gasteiger partial charge in [0.15, 0.2) is 0 Å². The van der Waals surface area contributed by atoms with Crippen LogP contribution in [0.25, 0.3) is 0 Å². The van der Waals surface area contributed by atoms with Gasteiger partial charge in [-0.1, -0.05) is 6.42 Å². The van der Waals surface area contributed by atoms with Crippen LogP contribution in [0.3, 0.4) is 0 Å². The molecule has 1 atom stereocenters. The Labute approximate surface area is 129 Å². The maximum atomic E-state index is 4.01. The minimum Gasteiger partial charge on any atom is -0.312 e. The fraction of sp³-hybridized carbons (Fsp3) is 1.00. The number of nitrogens with one attached hydrogen (secondary N) is 1. The monoisotopic (exact) mass is 293 g/mol. The Kier molecular flexibility index (Phi) is 3.42. The Morgan fingerprint density at radius 1 is 1.05 bits per heavy atom. The zero-order valence-electron chi connectivity index (χ0n) is 13.3. The van der Waals surface area contributed by atoms with Crippen molar-refractivity contribution in [3.8, 4) is 0 Å². The second kappa shape index (κ2) is 4.91. The van der Waals surface area contributed by atoms with E-state index >= 15 is 0 Å². The second-order valence-corrected chi connectivity index (χ2v) is 9.90. The van der Waals surface area contributed by atoms with E-state index in [9.17, 15) is 0 Å². The summed E-state index contributed by atoms with van der Waals surface area (Å²) >= 11 is 2.12. The lowest BCUT2D eigenvalue weighted by Gasteiger charge is -2.59. The molecule has 5 saturated carbocycles. The minimum atomic E-state index is 0.594. The summed E-state index contributed by atoms with van der Waals surface area (Å²) in [5, 5.41) is 4.01. The molecule has 0 saturated heterocycles. The largest absolute Gasteiger partial charge is 0.312 e. The molecule has 2 heteroatoms. The first-order valence-corrected chi connectivity index (χ1v) is 10.1.